The summed E-state index contributed by atoms with van der Waals surface area (Å²) in [5.41, 5.74) is 3.20. The van der Waals surface area contributed by atoms with Crippen molar-refractivity contribution in [3.8, 4) is 0 Å². The molecule has 0 radical (unpaired) electrons. The highest BCUT2D eigenvalue weighted by molar-refractivity contribution is 9.10. The molecule has 1 aromatic heterocycles. The van der Waals surface area contributed by atoms with Gasteiger partial charge in [0.05, 0.1) is 6.54 Å². The molecule has 2 aromatic carbocycles. The second-order valence-electron chi connectivity index (χ2n) is 6.03. The second-order valence-corrected chi connectivity index (χ2v) is 6.95. The zero-order chi connectivity index (χ0) is 19.1. The van der Waals surface area contributed by atoms with Gasteiger partial charge in [-0.1, -0.05) is 40.2 Å². The van der Waals surface area contributed by atoms with Crippen molar-refractivity contribution in [3.05, 3.63) is 87.9 Å². The standard InChI is InChI=1S/C20H21BrFN5/c1-23-20(24-12-15-9-18(21)11-19(22)10-15)25-13-16-5-2-3-6-17(16)14-27-8-4-7-26-27/h2-11H,12-14H2,1H3,(H2,23,24,25). The van der Waals surface area contributed by atoms with Gasteiger partial charge in [0.25, 0.3) is 0 Å². The first-order valence-corrected chi connectivity index (χ1v) is 9.37. The minimum atomic E-state index is -0.267. The summed E-state index contributed by atoms with van der Waals surface area (Å²) in [6, 6.07) is 15.0. The molecule has 27 heavy (non-hydrogen) atoms. The normalized spacial score (nSPS) is 11.4. The molecule has 0 amide bonds. The Hall–Kier alpha value is -2.67. The van der Waals surface area contributed by atoms with Crippen LogP contribution in [0.2, 0.25) is 0 Å². The summed E-state index contributed by atoms with van der Waals surface area (Å²) in [5, 5.41) is 10.8. The predicted molar refractivity (Wildman–Crippen MR) is 109 cm³/mol. The number of guanidine groups is 1. The van der Waals surface area contributed by atoms with Gasteiger partial charge in [-0.25, -0.2) is 4.39 Å². The van der Waals surface area contributed by atoms with E-state index in [4.69, 9.17) is 0 Å². The van der Waals surface area contributed by atoms with E-state index in [9.17, 15) is 4.39 Å². The smallest absolute Gasteiger partial charge is 0.191 e. The lowest BCUT2D eigenvalue weighted by Gasteiger charge is -2.14. The molecular formula is C20H21BrFN5. The minimum Gasteiger partial charge on any atom is -0.352 e. The van der Waals surface area contributed by atoms with E-state index in [1.807, 2.05) is 35.1 Å². The quantitative estimate of drug-likeness (QED) is 0.463. The molecular weight excluding hydrogens is 409 g/mol. The molecule has 0 saturated heterocycles. The van der Waals surface area contributed by atoms with Crippen LogP contribution in [-0.4, -0.2) is 22.8 Å². The summed E-state index contributed by atoms with van der Waals surface area (Å²) in [4.78, 5) is 4.24. The van der Waals surface area contributed by atoms with Crippen molar-refractivity contribution in [2.24, 2.45) is 4.99 Å². The number of aliphatic imine (C=N–C) groups is 1. The van der Waals surface area contributed by atoms with Gasteiger partial charge in [0.2, 0.25) is 0 Å². The van der Waals surface area contributed by atoms with Crippen molar-refractivity contribution in [1.82, 2.24) is 20.4 Å². The summed E-state index contributed by atoms with van der Waals surface area (Å²) < 4.78 is 16.1. The maximum absolute atomic E-state index is 13.5. The predicted octanol–water partition coefficient (Wildman–Crippen LogP) is 3.70. The van der Waals surface area contributed by atoms with Crippen LogP contribution in [0, 0.1) is 5.82 Å². The molecule has 0 fully saturated rings. The molecule has 2 N–H and O–H groups in total. The Balaban J connectivity index is 1.59. The maximum Gasteiger partial charge on any atom is 0.191 e. The molecule has 1 heterocycles. The van der Waals surface area contributed by atoms with Crippen molar-refractivity contribution >= 4 is 21.9 Å². The molecule has 5 nitrogen and oxygen atoms in total. The Morgan fingerprint density at radius 3 is 2.59 bits per heavy atom. The Kier molecular flexibility index (Phi) is 6.59. The molecule has 0 spiro atoms. The van der Waals surface area contributed by atoms with Gasteiger partial charge in [0.15, 0.2) is 5.96 Å². The van der Waals surface area contributed by atoms with Crippen LogP contribution in [0.3, 0.4) is 0 Å². The maximum atomic E-state index is 13.5. The van der Waals surface area contributed by atoms with Crippen molar-refractivity contribution in [3.63, 3.8) is 0 Å². The molecule has 7 heteroatoms. The number of hydrogen-bond donors (Lipinski definition) is 2. The molecule has 3 aromatic rings. The molecule has 0 aliphatic heterocycles. The van der Waals surface area contributed by atoms with E-state index < -0.39 is 0 Å². The number of rotatable bonds is 6. The SMILES string of the molecule is CN=C(NCc1cc(F)cc(Br)c1)NCc1ccccc1Cn1cccn1. The molecule has 140 valence electrons. The first kappa shape index (κ1) is 19.1. The van der Waals surface area contributed by atoms with Gasteiger partial charge < -0.3 is 10.6 Å². The summed E-state index contributed by atoms with van der Waals surface area (Å²) in [7, 11) is 1.71. The summed E-state index contributed by atoms with van der Waals surface area (Å²) >= 11 is 3.31. The van der Waals surface area contributed by atoms with Crippen LogP contribution in [0.1, 0.15) is 16.7 Å². The second kappa shape index (κ2) is 9.32. The Bertz CT molecular complexity index is 888. The van der Waals surface area contributed by atoms with Gasteiger partial charge in [-0.15, -0.1) is 0 Å². The summed E-state index contributed by atoms with van der Waals surface area (Å²) in [6.07, 6.45) is 3.72. The zero-order valence-corrected chi connectivity index (χ0v) is 16.6. The van der Waals surface area contributed by atoms with E-state index >= 15 is 0 Å². The Morgan fingerprint density at radius 1 is 1.11 bits per heavy atom. The van der Waals surface area contributed by atoms with E-state index in [0.29, 0.717) is 25.6 Å². The molecule has 0 bridgehead atoms. The molecule has 3 rings (SSSR count). The van der Waals surface area contributed by atoms with Gasteiger partial charge >= 0.3 is 0 Å². The van der Waals surface area contributed by atoms with E-state index in [-0.39, 0.29) is 5.82 Å². The third-order valence-electron chi connectivity index (χ3n) is 4.06. The highest BCUT2D eigenvalue weighted by Gasteiger charge is 2.05. The Labute approximate surface area is 166 Å². The third kappa shape index (κ3) is 5.65. The molecule has 0 atom stereocenters. The zero-order valence-electron chi connectivity index (χ0n) is 15.0. The van der Waals surface area contributed by atoms with Gasteiger partial charge in [-0.05, 0) is 41.0 Å². The van der Waals surface area contributed by atoms with Crippen LogP contribution in [0.4, 0.5) is 4.39 Å². The lowest BCUT2D eigenvalue weighted by molar-refractivity contribution is 0.623. The average Bonchev–Trinajstić information content (AvgIpc) is 3.15. The van der Waals surface area contributed by atoms with Gasteiger partial charge in [-0.3, -0.25) is 9.67 Å². The van der Waals surface area contributed by atoms with E-state index in [1.54, 1.807) is 13.2 Å². The lowest BCUT2D eigenvalue weighted by Crippen LogP contribution is -2.36. The number of halogens is 2. The fourth-order valence-corrected chi connectivity index (χ4v) is 3.26. The Morgan fingerprint density at radius 2 is 1.89 bits per heavy atom. The number of aromatic nitrogens is 2. The van der Waals surface area contributed by atoms with Crippen LogP contribution < -0.4 is 10.6 Å². The van der Waals surface area contributed by atoms with E-state index in [2.05, 4.69) is 48.8 Å². The van der Waals surface area contributed by atoms with Crippen LogP contribution in [0.25, 0.3) is 0 Å². The van der Waals surface area contributed by atoms with Crippen molar-refractivity contribution in [2.75, 3.05) is 7.05 Å². The largest absolute Gasteiger partial charge is 0.352 e. The molecule has 0 unspecified atom stereocenters. The van der Waals surface area contributed by atoms with Crippen molar-refractivity contribution < 1.29 is 4.39 Å². The summed E-state index contributed by atoms with van der Waals surface area (Å²) in [5.74, 6) is 0.390. The highest BCUT2D eigenvalue weighted by Crippen LogP contribution is 2.15. The van der Waals surface area contributed by atoms with Crippen LogP contribution >= 0.6 is 15.9 Å². The fourth-order valence-electron chi connectivity index (χ4n) is 2.75. The average molecular weight is 430 g/mol. The van der Waals surface area contributed by atoms with Crippen LogP contribution in [-0.2, 0) is 19.6 Å². The first-order valence-electron chi connectivity index (χ1n) is 8.58. The van der Waals surface area contributed by atoms with Crippen molar-refractivity contribution in [2.45, 2.75) is 19.6 Å². The van der Waals surface area contributed by atoms with Crippen LogP contribution in [0.15, 0.2) is 70.4 Å². The lowest BCUT2D eigenvalue weighted by atomic mass is 10.1. The van der Waals surface area contributed by atoms with Crippen molar-refractivity contribution in [1.29, 1.82) is 0 Å². The number of hydrogen-bond acceptors (Lipinski definition) is 2. The summed E-state index contributed by atoms with van der Waals surface area (Å²) in [6.45, 7) is 1.82. The monoisotopic (exact) mass is 429 g/mol. The van der Waals surface area contributed by atoms with Gasteiger partial charge in [0, 0.05) is 37.0 Å². The highest BCUT2D eigenvalue weighted by atomic mass is 79.9. The van der Waals surface area contributed by atoms with E-state index in [0.717, 1.165) is 10.0 Å². The topological polar surface area (TPSA) is 54.2 Å². The number of nitrogens with one attached hydrogen (secondary N) is 2. The van der Waals surface area contributed by atoms with E-state index in [1.165, 1.54) is 23.3 Å². The number of nitrogens with zero attached hydrogens (tertiary/aromatic N) is 3. The van der Waals surface area contributed by atoms with Crippen LogP contribution in [0.5, 0.6) is 0 Å². The first-order chi connectivity index (χ1) is 13.1. The van der Waals surface area contributed by atoms with Gasteiger partial charge in [0.1, 0.15) is 5.82 Å². The minimum absolute atomic E-state index is 0.267. The van der Waals surface area contributed by atoms with Gasteiger partial charge in [-0.2, -0.15) is 5.10 Å². The molecule has 0 saturated carbocycles. The number of benzene rings is 2. The molecule has 0 aliphatic carbocycles. The fraction of sp³-hybridized carbons (Fsp3) is 0.200. The molecule has 0 aliphatic rings. The third-order valence-corrected chi connectivity index (χ3v) is 4.52.